The molecular weight excluding hydrogens is 1030 g/mol. The van der Waals surface area contributed by atoms with Crippen molar-refractivity contribution in [3.05, 3.63) is 130 Å². The molecule has 0 aliphatic heterocycles. The number of carboxylic acid groups (broad SMARTS) is 2. The molecule has 4 amide bonds. The first kappa shape index (κ1) is 67.5. The SMILES string of the molecule is CC(C=CC=C(C)C=CC1=C(C)C(=O)C(OC(=O)CNC(=O)NC(CCCN=C(N)N)C(=O)O)CC1(C)C)=CC=CC=C(C)C=CC=C(C)C=CC1=C(C)C(=O)C(OC(=O)CNC(=O)NC(CCCN=C(N)N)C(=O)O)CC1(C)C. The number of carbonyl (C=O) groups excluding carboxylic acids is 6. The van der Waals surface area contributed by atoms with Crippen LogP contribution in [-0.4, -0.2) is 120 Å². The summed E-state index contributed by atoms with van der Waals surface area (Å²) in [4.78, 5) is 107. The summed E-state index contributed by atoms with van der Waals surface area (Å²) in [5.41, 5.74) is 26.4. The van der Waals surface area contributed by atoms with Gasteiger partial charge in [0.15, 0.2) is 35.7 Å². The minimum absolute atomic E-state index is 0.0506. The second-order valence-electron chi connectivity index (χ2n) is 20.7. The van der Waals surface area contributed by atoms with E-state index in [9.17, 15) is 48.6 Å². The number of esters is 2. The van der Waals surface area contributed by atoms with Gasteiger partial charge in [-0.25, -0.2) is 19.2 Å². The van der Waals surface area contributed by atoms with Gasteiger partial charge < -0.3 is 63.9 Å². The number of nitrogens with zero attached hydrogens (tertiary/aromatic N) is 2. The fourth-order valence-corrected chi connectivity index (χ4v) is 8.40. The number of Topliss-reactive ketones (excluding diaryl/α,β-unsaturated/α-hetero) is 2. The molecule has 22 heteroatoms. The molecule has 4 unspecified atom stereocenters. The number of urea groups is 2. The van der Waals surface area contributed by atoms with E-state index in [0.29, 0.717) is 24.0 Å². The summed E-state index contributed by atoms with van der Waals surface area (Å²) in [6.45, 7) is 18.2. The standard InChI is InChI=1S/C58H82N10O12/c1-35(19-13-21-37(3)25-27-41-39(5)49(71)45(31-57(41,7)8)79-47(69)33-65-55(77)67-43(51(73)74)23-15-29-63-53(59)60)17-11-12-18-36(2)20-14-22-38(4)26-28-42-40(6)50(72)46(32-58(42,9)10)80-48(70)34-66-56(78)68-44(52(75)76)24-16-30-64-54(61)62/h11-14,17-22,25-28,43-46H,15-16,23-24,29-34H2,1-10H3,(H,73,74)(H,75,76)(H4,59,60,63)(H4,61,62,64)(H2,65,67,77)(H2,66,68,78). The van der Waals surface area contributed by atoms with E-state index in [0.717, 1.165) is 33.4 Å². The van der Waals surface area contributed by atoms with Crippen molar-refractivity contribution < 1.29 is 58.0 Å². The Morgan fingerprint density at radius 3 is 1.23 bits per heavy atom. The zero-order valence-electron chi connectivity index (χ0n) is 47.6. The molecule has 4 atom stereocenters. The average molecular weight is 1110 g/mol. The van der Waals surface area contributed by atoms with Gasteiger partial charge in [-0.05, 0) is 100 Å². The Bertz CT molecular complexity index is 2540. The molecule has 2 rings (SSSR count). The summed E-state index contributed by atoms with van der Waals surface area (Å²) in [5, 5.41) is 28.0. The van der Waals surface area contributed by atoms with Gasteiger partial charge in [0.2, 0.25) is 0 Å². The third kappa shape index (κ3) is 24.8. The van der Waals surface area contributed by atoms with Crippen molar-refractivity contribution in [3.8, 4) is 0 Å². The largest absolute Gasteiger partial charge is 0.480 e. The normalized spacial score (nSPS) is 18.9. The van der Waals surface area contributed by atoms with E-state index in [4.69, 9.17) is 32.4 Å². The van der Waals surface area contributed by atoms with Crippen molar-refractivity contribution in [2.45, 2.75) is 132 Å². The van der Waals surface area contributed by atoms with Crippen LogP contribution in [0.5, 0.6) is 0 Å². The highest BCUT2D eigenvalue weighted by Crippen LogP contribution is 2.42. The van der Waals surface area contributed by atoms with Crippen LogP contribution >= 0.6 is 0 Å². The first-order chi connectivity index (χ1) is 37.4. The number of amides is 4. The van der Waals surface area contributed by atoms with Crippen LogP contribution in [0.15, 0.2) is 140 Å². The summed E-state index contributed by atoms with van der Waals surface area (Å²) in [5.74, 6) is -5.18. The molecule has 2 aliphatic carbocycles. The Morgan fingerprint density at radius 1 is 0.575 bits per heavy atom. The highest BCUT2D eigenvalue weighted by molar-refractivity contribution is 6.02. The van der Waals surface area contributed by atoms with Crippen molar-refractivity contribution in [2.75, 3.05) is 26.2 Å². The zero-order chi connectivity index (χ0) is 60.3. The molecule has 0 heterocycles. The molecule has 0 bridgehead atoms. The van der Waals surface area contributed by atoms with Gasteiger partial charge in [0.25, 0.3) is 0 Å². The summed E-state index contributed by atoms with van der Waals surface area (Å²) < 4.78 is 11.0. The molecule has 2 aliphatic rings. The van der Waals surface area contributed by atoms with Crippen molar-refractivity contribution in [1.82, 2.24) is 21.3 Å². The van der Waals surface area contributed by atoms with E-state index in [2.05, 4.69) is 31.3 Å². The third-order valence-corrected chi connectivity index (χ3v) is 12.7. The van der Waals surface area contributed by atoms with E-state index in [1.807, 2.05) is 140 Å². The number of rotatable bonds is 28. The third-order valence-electron chi connectivity index (χ3n) is 12.7. The van der Waals surface area contributed by atoms with Gasteiger partial charge >= 0.3 is 35.9 Å². The van der Waals surface area contributed by atoms with Gasteiger partial charge in [0, 0.05) is 25.9 Å². The van der Waals surface area contributed by atoms with Gasteiger partial charge in [-0.3, -0.25) is 29.2 Å². The van der Waals surface area contributed by atoms with Crippen LogP contribution in [0.3, 0.4) is 0 Å². The fraction of sp³-hybridized carbons (Fsp3) is 0.448. The summed E-state index contributed by atoms with van der Waals surface area (Å²) >= 11 is 0. The highest BCUT2D eigenvalue weighted by Gasteiger charge is 2.41. The van der Waals surface area contributed by atoms with E-state index >= 15 is 0 Å². The molecule has 22 nitrogen and oxygen atoms in total. The Kier molecular flexibility index (Phi) is 27.9. The maximum absolute atomic E-state index is 13.3. The number of carbonyl (C=O) groups is 8. The number of hydrogen-bond donors (Lipinski definition) is 10. The lowest BCUT2D eigenvalue weighted by molar-refractivity contribution is -0.155. The minimum Gasteiger partial charge on any atom is -0.480 e. The summed E-state index contributed by atoms with van der Waals surface area (Å²) in [6, 6.07) is -4.25. The number of ketones is 2. The number of allylic oxidation sites excluding steroid dienone is 20. The number of aliphatic carboxylic acids is 2. The lowest BCUT2D eigenvalue weighted by Gasteiger charge is -2.36. The molecule has 0 saturated carbocycles. The topological polar surface area (TPSA) is 372 Å². The molecule has 436 valence electrons. The lowest BCUT2D eigenvalue weighted by atomic mass is 9.71. The summed E-state index contributed by atoms with van der Waals surface area (Å²) in [6.07, 6.45) is 26.2. The lowest BCUT2D eigenvalue weighted by Crippen LogP contribution is -2.48. The molecule has 0 fully saturated rings. The monoisotopic (exact) mass is 1110 g/mol. The predicted molar refractivity (Wildman–Crippen MR) is 308 cm³/mol. The van der Waals surface area contributed by atoms with E-state index in [1.54, 1.807) is 13.8 Å². The molecular formula is C58H82N10O12. The van der Waals surface area contributed by atoms with Gasteiger partial charge in [-0.2, -0.15) is 0 Å². The molecule has 0 radical (unpaired) electrons. The number of nitrogens with one attached hydrogen (secondary N) is 4. The maximum atomic E-state index is 13.3. The maximum Gasteiger partial charge on any atom is 0.326 e. The quantitative estimate of drug-likeness (QED) is 0.0149. The first-order valence-corrected chi connectivity index (χ1v) is 26.1. The van der Waals surface area contributed by atoms with Gasteiger partial charge in [0.1, 0.15) is 25.2 Å². The first-order valence-electron chi connectivity index (χ1n) is 26.1. The molecule has 0 saturated heterocycles. The van der Waals surface area contributed by atoms with Crippen LogP contribution in [-0.2, 0) is 38.2 Å². The van der Waals surface area contributed by atoms with Crippen molar-refractivity contribution in [1.29, 1.82) is 0 Å². The molecule has 0 spiro atoms. The highest BCUT2D eigenvalue weighted by atomic mass is 16.6. The zero-order valence-corrected chi connectivity index (χ0v) is 47.6. The molecule has 14 N–H and O–H groups in total. The fourth-order valence-electron chi connectivity index (χ4n) is 8.40. The van der Waals surface area contributed by atoms with E-state index in [1.165, 1.54) is 0 Å². The van der Waals surface area contributed by atoms with Crippen molar-refractivity contribution in [2.24, 2.45) is 43.7 Å². The summed E-state index contributed by atoms with van der Waals surface area (Å²) in [7, 11) is 0. The second kappa shape index (κ2) is 33.0. The Morgan fingerprint density at radius 2 is 0.900 bits per heavy atom. The van der Waals surface area contributed by atoms with Crippen LogP contribution in [0.2, 0.25) is 0 Å². The van der Waals surface area contributed by atoms with Crippen molar-refractivity contribution >= 4 is 59.4 Å². The number of ether oxygens (including phenoxy) is 2. The van der Waals surface area contributed by atoms with Gasteiger partial charge in [-0.15, -0.1) is 0 Å². The average Bonchev–Trinajstić information content (AvgIpc) is 3.35. The molecule has 80 heavy (non-hydrogen) atoms. The Labute approximate surface area is 468 Å². The Hall–Kier alpha value is -8.56. The van der Waals surface area contributed by atoms with Crippen LogP contribution in [0.4, 0.5) is 9.59 Å². The number of aliphatic imine (C=N–C) groups is 2. The predicted octanol–water partition coefficient (Wildman–Crippen LogP) is 5.62. The number of nitrogens with two attached hydrogens (primary N) is 4. The smallest absolute Gasteiger partial charge is 0.326 e. The van der Waals surface area contributed by atoms with E-state index < -0.39 is 84.2 Å². The van der Waals surface area contributed by atoms with Crippen LogP contribution in [0.1, 0.15) is 108 Å². The van der Waals surface area contributed by atoms with Gasteiger partial charge in [0.05, 0.1) is 0 Å². The number of carboxylic acids is 2. The molecule has 0 aromatic carbocycles. The number of guanidine groups is 2. The second-order valence-corrected chi connectivity index (χ2v) is 20.7. The number of hydrogen-bond acceptors (Lipinski definition) is 12. The van der Waals surface area contributed by atoms with Crippen LogP contribution in [0.25, 0.3) is 0 Å². The van der Waals surface area contributed by atoms with E-state index in [-0.39, 0.29) is 62.3 Å². The minimum atomic E-state index is -1.27. The molecule has 0 aromatic rings. The van der Waals surface area contributed by atoms with Crippen LogP contribution < -0.4 is 44.2 Å². The van der Waals surface area contributed by atoms with Crippen molar-refractivity contribution in [3.63, 3.8) is 0 Å². The molecule has 0 aromatic heterocycles. The van der Waals surface area contributed by atoms with Crippen LogP contribution in [0, 0.1) is 10.8 Å². The Balaban J connectivity index is 1.93. The van der Waals surface area contributed by atoms with Gasteiger partial charge in [-0.1, -0.05) is 135 Å².